The number of aryl methyl sites for hydroxylation is 1. The molecule has 0 aliphatic carbocycles. The largest absolute Gasteiger partial charge is 0.499 e. The standard InChI is InChI=1S/C7H10OS/c1-2-3-6-4-5-7(8)9-6/h4-5,8H,2-3H2,1H3. The molecule has 50 valence electrons. The fourth-order valence-electron chi connectivity index (χ4n) is 0.747. The Morgan fingerprint density at radius 3 is 2.78 bits per heavy atom. The second-order valence-corrected chi connectivity index (χ2v) is 3.14. The summed E-state index contributed by atoms with van der Waals surface area (Å²) in [7, 11) is 0. The first-order chi connectivity index (χ1) is 4.33. The SMILES string of the molecule is CCCc1ccc(O)s1. The van der Waals surface area contributed by atoms with Gasteiger partial charge in [-0.25, -0.2) is 0 Å². The molecule has 0 spiro atoms. The number of aromatic hydroxyl groups is 1. The summed E-state index contributed by atoms with van der Waals surface area (Å²) >= 11 is 1.47. The Morgan fingerprint density at radius 1 is 1.56 bits per heavy atom. The molecule has 1 heterocycles. The van der Waals surface area contributed by atoms with Gasteiger partial charge in [0.05, 0.1) is 0 Å². The second kappa shape index (κ2) is 2.87. The average molecular weight is 142 g/mol. The van der Waals surface area contributed by atoms with E-state index in [0.717, 1.165) is 12.8 Å². The number of hydrogen-bond acceptors (Lipinski definition) is 2. The van der Waals surface area contributed by atoms with E-state index < -0.39 is 0 Å². The van der Waals surface area contributed by atoms with E-state index in [0.29, 0.717) is 5.06 Å². The van der Waals surface area contributed by atoms with Gasteiger partial charge >= 0.3 is 0 Å². The molecule has 1 rings (SSSR count). The topological polar surface area (TPSA) is 20.2 Å². The molecular weight excluding hydrogens is 132 g/mol. The fraction of sp³-hybridized carbons (Fsp3) is 0.429. The maximum atomic E-state index is 8.90. The van der Waals surface area contributed by atoms with Crippen LogP contribution in [0.2, 0.25) is 0 Å². The van der Waals surface area contributed by atoms with Gasteiger partial charge in [0.2, 0.25) is 0 Å². The Bertz CT molecular complexity index is 181. The van der Waals surface area contributed by atoms with Crippen molar-refractivity contribution < 1.29 is 5.11 Å². The molecule has 0 aromatic carbocycles. The molecule has 0 fully saturated rings. The summed E-state index contributed by atoms with van der Waals surface area (Å²) in [6, 6.07) is 3.72. The highest BCUT2D eigenvalue weighted by molar-refractivity contribution is 7.13. The molecule has 0 radical (unpaired) electrons. The zero-order chi connectivity index (χ0) is 6.69. The van der Waals surface area contributed by atoms with Gasteiger partial charge in [0.25, 0.3) is 0 Å². The molecular formula is C7H10OS. The molecule has 1 aromatic heterocycles. The van der Waals surface area contributed by atoms with Crippen molar-refractivity contribution >= 4 is 11.3 Å². The minimum Gasteiger partial charge on any atom is -0.499 e. The zero-order valence-corrected chi connectivity index (χ0v) is 6.24. The summed E-state index contributed by atoms with van der Waals surface area (Å²) in [5.74, 6) is 0. The van der Waals surface area contributed by atoms with Gasteiger partial charge in [0.1, 0.15) is 0 Å². The maximum Gasteiger partial charge on any atom is 0.171 e. The first-order valence-corrected chi connectivity index (χ1v) is 3.92. The van der Waals surface area contributed by atoms with Crippen molar-refractivity contribution in [3.63, 3.8) is 0 Å². The van der Waals surface area contributed by atoms with Crippen LogP contribution in [-0.4, -0.2) is 5.11 Å². The molecule has 1 aromatic rings. The predicted molar refractivity (Wildman–Crippen MR) is 40.0 cm³/mol. The first-order valence-electron chi connectivity index (χ1n) is 3.10. The molecule has 1 N–H and O–H groups in total. The summed E-state index contributed by atoms with van der Waals surface area (Å²) in [5.41, 5.74) is 0. The third kappa shape index (κ3) is 1.72. The normalized spacial score (nSPS) is 9.89. The third-order valence-electron chi connectivity index (χ3n) is 1.14. The third-order valence-corrected chi connectivity index (χ3v) is 2.09. The molecule has 0 bridgehead atoms. The Hall–Kier alpha value is -0.500. The van der Waals surface area contributed by atoms with Crippen molar-refractivity contribution in [3.05, 3.63) is 17.0 Å². The molecule has 0 aliphatic rings. The van der Waals surface area contributed by atoms with Crippen LogP contribution in [-0.2, 0) is 6.42 Å². The van der Waals surface area contributed by atoms with Crippen molar-refractivity contribution in [1.82, 2.24) is 0 Å². The van der Waals surface area contributed by atoms with Crippen molar-refractivity contribution in [2.45, 2.75) is 19.8 Å². The van der Waals surface area contributed by atoms with Crippen molar-refractivity contribution in [2.75, 3.05) is 0 Å². The van der Waals surface area contributed by atoms with E-state index in [9.17, 15) is 0 Å². The lowest BCUT2D eigenvalue weighted by atomic mass is 10.3. The fourth-order valence-corrected chi connectivity index (χ4v) is 1.59. The van der Waals surface area contributed by atoms with Crippen LogP contribution in [0.1, 0.15) is 18.2 Å². The van der Waals surface area contributed by atoms with Gasteiger partial charge in [-0.2, -0.15) is 0 Å². The lowest BCUT2D eigenvalue weighted by Crippen LogP contribution is -1.71. The minimum atomic E-state index is 0.429. The summed E-state index contributed by atoms with van der Waals surface area (Å²) in [5, 5.41) is 9.33. The van der Waals surface area contributed by atoms with Crippen LogP contribution in [0.3, 0.4) is 0 Å². The predicted octanol–water partition coefficient (Wildman–Crippen LogP) is 2.41. The van der Waals surface area contributed by atoms with Gasteiger partial charge in [-0.3, -0.25) is 0 Å². The smallest absolute Gasteiger partial charge is 0.171 e. The quantitative estimate of drug-likeness (QED) is 0.672. The first kappa shape index (κ1) is 6.62. The summed E-state index contributed by atoms with van der Waals surface area (Å²) in [6.07, 6.45) is 2.24. The van der Waals surface area contributed by atoms with Crippen LogP contribution in [0.4, 0.5) is 0 Å². The molecule has 2 heteroatoms. The molecule has 9 heavy (non-hydrogen) atoms. The van der Waals surface area contributed by atoms with Gasteiger partial charge in [-0.15, -0.1) is 11.3 Å². The molecule has 0 saturated heterocycles. The summed E-state index contributed by atoms with van der Waals surface area (Å²) in [6.45, 7) is 2.14. The van der Waals surface area contributed by atoms with Crippen LogP contribution in [0, 0.1) is 0 Å². The summed E-state index contributed by atoms with van der Waals surface area (Å²) < 4.78 is 0. The van der Waals surface area contributed by atoms with E-state index in [4.69, 9.17) is 5.11 Å². The second-order valence-electron chi connectivity index (χ2n) is 1.99. The zero-order valence-electron chi connectivity index (χ0n) is 5.42. The van der Waals surface area contributed by atoms with Gasteiger partial charge < -0.3 is 5.11 Å². The van der Waals surface area contributed by atoms with Crippen LogP contribution in [0.25, 0.3) is 0 Å². The van der Waals surface area contributed by atoms with E-state index >= 15 is 0 Å². The van der Waals surface area contributed by atoms with Crippen LogP contribution >= 0.6 is 11.3 Å². The maximum absolute atomic E-state index is 8.90. The van der Waals surface area contributed by atoms with E-state index in [1.54, 1.807) is 6.07 Å². The lowest BCUT2D eigenvalue weighted by Gasteiger charge is -1.86. The molecule has 0 amide bonds. The van der Waals surface area contributed by atoms with Crippen molar-refractivity contribution in [1.29, 1.82) is 0 Å². The molecule has 0 unspecified atom stereocenters. The Balaban J connectivity index is 2.61. The van der Waals surface area contributed by atoms with E-state index in [1.165, 1.54) is 16.2 Å². The van der Waals surface area contributed by atoms with E-state index in [-0.39, 0.29) is 0 Å². The summed E-state index contributed by atoms with van der Waals surface area (Å²) in [4.78, 5) is 1.27. The van der Waals surface area contributed by atoms with Gasteiger partial charge in [-0.1, -0.05) is 13.3 Å². The Labute approximate surface area is 59.0 Å². The number of thiophene rings is 1. The average Bonchev–Trinajstić information content (AvgIpc) is 2.17. The monoisotopic (exact) mass is 142 g/mol. The van der Waals surface area contributed by atoms with Gasteiger partial charge in [0.15, 0.2) is 5.06 Å². The molecule has 1 nitrogen and oxygen atoms in total. The number of hydrogen-bond donors (Lipinski definition) is 1. The Kier molecular flexibility index (Phi) is 2.11. The number of rotatable bonds is 2. The van der Waals surface area contributed by atoms with Crippen LogP contribution in [0.15, 0.2) is 12.1 Å². The minimum absolute atomic E-state index is 0.429. The highest BCUT2D eigenvalue weighted by atomic mass is 32.1. The highest BCUT2D eigenvalue weighted by Gasteiger charge is 1.94. The molecule has 0 aliphatic heterocycles. The van der Waals surface area contributed by atoms with Crippen LogP contribution < -0.4 is 0 Å². The van der Waals surface area contributed by atoms with E-state index in [1.807, 2.05) is 6.07 Å². The van der Waals surface area contributed by atoms with Crippen LogP contribution in [0.5, 0.6) is 5.06 Å². The van der Waals surface area contributed by atoms with Crippen molar-refractivity contribution in [2.24, 2.45) is 0 Å². The highest BCUT2D eigenvalue weighted by Crippen LogP contribution is 2.23. The Morgan fingerprint density at radius 2 is 2.33 bits per heavy atom. The molecule has 0 saturated carbocycles. The van der Waals surface area contributed by atoms with Gasteiger partial charge in [0, 0.05) is 4.88 Å². The van der Waals surface area contributed by atoms with Gasteiger partial charge in [-0.05, 0) is 18.6 Å². The molecule has 0 atom stereocenters. The van der Waals surface area contributed by atoms with Crippen molar-refractivity contribution in [3.8, 4) is 5.06 Å². The van der Waals surface area contributed by atoms with E-state index in [2.05, 4.69) is 6.92 Å². The lowest BCUT2D eigenvalue weighted by molar-refractivity contribution is 0.491.